The van der Waals surface area contributed by atoms with E-state index in [0.29, 0.717) is 11.3 Å². The lowest BCUT2D eigenvalue weighted by Gasteiger charge is -2.07. The van der Waals surface area contributed by atoms with Gasteiger partial charge in [0.2, 0.25) is 0 Å². The molecule has 0 saturated heterocycles. The van der Waals surface area contributed by atoms with Crippen LogP contribution in [0.2, 0.25) is 0 Å². The van der Waals surface area contributed by atoms with Crippen LogP contribution >= 0.6 is 15.9 Å². The molecule has 0 N–H and O–H groups in total. The van der Waals surface area contributed by atoms with Crippen molar-refractivity contribution >= 4 is 22.2 Å². The van der Waals surface area contributed by atoms with Crippen molar-refractivity contribution in [1.82, 2.24) is 0 Å². The molecule has 0 saturated carbocycles. The summed E-state index contributed by atoms with van der Waals surface area (Å²) in [5.74, 6) is 1.50. The fraction of sp³-hybridized carbons (Fsp3) is 0.133. The predicted molar refractivity (Wildman–Crippen MR) is 75.4 cm³/mol. The standard InChI is InChI=1S/C15H13BrO2/c1-2-11-3-6-13(7-4-11)18-14-8-5-12(10-17)15(16)9-14/h3-10H,2H2,1H3. The predicted octanol–water partition coefficient (Wildman–Crippen LogP) is 4.62. The van der Waals surface area contributed by atoms with Gasteiger partial charge in [0.05, 0.1) is 0 Å². The molecule has 2 nitrogen and oxygen atoms in total. The Balaban J connectivity index is 2.17. The summed E-state index contributed by atoms with van der Waals surface area (Å²) in [6.07, 6.45) is 1.82. The van der Waals surface area contributed by atoms with E-state index in [4.69, 9.17) is 4.74 Å². The van der Waals surface area contributed by atoms with Crippen LogP contribution in [0.15, 0.2) is 46.9 Å². The molecule has 2 aromatic carbocycles. The molecule has 3 heteroatoms. The second-order valence-electron chi connectivity index (χ2n) is 3.90. The van der Waals surface area contributed by atoms with Crippen molar-refractivity contribution in [3.8, 4) is 11.5 Å². The number of hydrogen-bond acceptors (Lipinski definition) is 2. The normalized spacial score (nSPS) is 10.1. The van der Waals surface area contributed by atoms with Crippen LogP contribution in [0.1, 0.15) is 22.8 Å². The number of aryl methyl sites for hydroxylation is 1. The van der Waals surface area contributed by atoms with Crippen molar-refractivity contribution in [1.29, 1.82) is 0 Å². The number of ether oxygens (including phenoxy) is 1. The van der Waals surface area contributed by atoms with Crippen molar-refractivity contribution < 1.29 is 9.53 Å². The van der Waals surface area contributed by atoms with Gasteiger partial charge in [-0.3, -0.25) is 4.79 Å². The minimum Gasteiger partial charge on any atom is -0.457 e. The van der Waals surface area contributed by atoms with Gasteiger partial charge in [-0.15, -0.1) is 0 Å². The Bertz CT molecular complexity index is 547. The Morgan fingerprint density at radius 1 is 1.11 bits per heavy atom. The molecule has 92 valence electrons. The molecule has 0 amide bonds. The van der Waals surface area contributed by atoms with Gasteiger partial charge in [-0.25, -0.2) is 0 Å². The van der Waals surface area contributed by atoms with E-state index in [9.17, 15) is 4.79 Å². The first kappa shape index (κ1) is 12.8. The van der Waals surface area contributed by atoms with Crippen LogP contribution in [-0.4, -0.2) is 6.29 Å². The quantitative estimate of drug-likeness (QED) is 0.771. The molecule has 0 aromatic heterocycles. The minimum absolute atomic E-state index is 0.615. The Kier molecular flexibility index (Phi) is 4.15. The highest BCUT2D eigenvalue weighted by Gasteiger charge is 2.02. The van der Waals surface area contributed by atoms with Crippen LogP contribution in [0.25, 0.3) is 0 Å². The third kappa shape index (κ3) is 2.99. The van der Waals surface area contributed by atoms with Crippen molar-refractivity contribution in [3.63, 3.8) is 0 Å². The topological polar surface area (TPSA) is 26.3 Å². The number of carbonyl (C=O) groups excluding carboxylic acids is 1. The van der Waals surface area contributed by atoms with Gasteiger partial charge in [0.1, 0.15) is 11.5 Å². The Morgan fingerprint density at radius 3 is 2.33 bits per heavy atom. The average molecular weight is 305 g/mol. The molecule has 18 heavy (non-hydrogen) atoms. The second kappa shape index (κ2) is 5.83. The van der Waals surface area contributed by atoms with Gasteiger partial charge in [-0.05, 0) is 58.2 Å². The van der Waals surface area contributed by atoms with E-state index < -0.39 is 0 Å². The number of aldehydes is 1. The molecule has 0 heterocycles. The van der Waals surface area contributed by atoms with Crippen molar-refractivity contribution in [3.05, 3.63) is 58.1 Å². The van der Waals surface area contributed by atoms with E-state index in [0.717, 1.165) is 22.9 Å². The third-order valence-electron chi connectivity index (χ3n) is 2.67. The Labute approximate surface area is 115 Å². The van der Waals surface area contributed by atoms with Gasteiger partial charge in [-0.2, -0.15) is 0 Å². The van der Waals surface area contributed by atoms with Gasteiger partial charge in [0.15, 0.2) is 6.29 Å². The van der Waals surface area contributed by atoms with E-state index in [-0.39, 0.29) is 0 Å². The van der Waals surface area contributed by atoms with Gasteiger partial charge in [-0.1, -0.05) is 19.1 Å². The molecule has 0 spiro atoms. The van der Waals surface area contributed by atoms with E-state index in [1.54, 1.807) is 18.2 Å². The van der Waals surface area contributed by atoms with Crippen molar-refractivity contribution in [2.45, 2.75) is 13.3 Å². The summed E-state index contributed by atoms with van der Waals surface area (Å²) in [5, 5.41) is 0. The van der Waals surface area contributed by atoms with Crippen LogP contribution in [0.4, 0.5) is 0 Å². The summed E-state index contributed by atoms with van der Waals surface area (Å²) >= 11 is 3.33. The summed E-state index contributed by atoms with van der Waals surface area (Å²) in [6, 6.07) is 13.3. The highest BCUT2D eigenvalue weighted by Crippen LogP contribution is 2.26. The molecular weight excluding hydrogens is 292 g/mol. The first-order valence-corrected chi connectivity index (χ1v) is 6.53. The second-order valence-corrected chi connectivity index (χ2v) is 4.76. The average Bonchev–Trinajstić information content (AvgIpc) is 2.40. The summed E-state index contributed by atoms with van der Waals surface area (Å²) in [4.78, 5) is 10.7. The zero-order valence-corrected chi connectivity index (χ0v) is 11.6. The maximum absolute atomic E-state index is 10.7. The van der Waals surface area contributed by atoms with Gasteiger partial charge in [0.25, 0.3) is 0 Å². The Hall–Kier alpha value is -1.61. The van der Waals surface area contributed by atoms with Crippen LogP contribution in [-0.2, 0) is 6.42 Å². The molecule has 0 aliphatic rings. The third-order valence-corrected chi connectivity index (χ3v) is 3.35. The summed E-state index contributed by atoms with van der Waals surface area (Å²) in [7, 11) is 0. The van der Waals surface area contributed by atoms with E-state index in [1.165, 1.54) is 5.56 Å². The first-order valence-electron chi connectivity index (χ1n) is 5.74. The summed E-state index contributed by atoms with van der Waals surface area (Å²) in [5.41, 5.74) is 1.89. The first-order chi connectivity index (χ1) is 8.72. The maximum atomic E-state index is 10.7. The van der Waals surface area contributed by atoms with Crippen LogP contribution in [0.3, 0.4) is 0 Å². The highest BCUT2D eigenvalue weighted by molar-refractivity contribution is 9.10. The summed E-state index contributed by atoms with van der Waals surface area (Å²) < 4.78 is 6.45. The molecule has 0 unspecified atom stereocenters. The molecule has 0 aliphatic carbocycles. The molecule has 0 radical (unpaired) electrons. The fourth-order valence-electron chi connectivity index (χ4n) is 1.60. The van der Waals surface area contributed by atoms with Gasteiger partial charge >= 0.3 is 0 Å². The number of carbonyl (C=O) groups is 1. The molecular formula is C15H13BrO2. The maximum Gasteiger partial charge on any atom is 0.151 e. The van der Waals surface area contributed by atoms with E-state index in [1.807, 2.05) is 24.3 Å². The number of rotatable bonds is 4. The fourth-order valence-corrected chi connectivity index (χ4v) is 2.05. The largest absolute Gasteiger partial charge is 0.457 e. The van der Waals surface area contributed by atoms with Crippen molar-refractivity contribution in [2.24, 2.45) is 0 Å². The lowest BCUT2D eigenvalue weighted by molar-refractivity contribution is 0.112. The van der Waals surface area contributed by atoms with E-state index in [2.05, 4.69) is 22.9 Å². The molecule has 2 rings (SSSR count). The molecule has 0 atom stereocenters. The zero-order valence-electron chi connectivity index (χ0n) is 10.0. The minimum atomic E-state index is 0.615. The monoisotopic (exact) mass is 304 g/mol. The van der Waals surface area contributed by atoms with Gasteiger partial charge < -0.3 is 4.74 Å². The Morgan fingerprint density at radius 2 is 1.78 bits per heavy atom. The van der Waals surface area contributed by atoms with E-state index >= 15 is 0 Å². The number of halogens is 1. The van der Waals surface area contributed by atoms with Crippen molar-refractivity contribution in [2.75, 3.05) is 0 Å². The zero-order chi connectivity index (χ0) is 13.0. The van der Waals surface area contributed by atoms with Crippen LogP contribution in [0.5, 0.6) is 11.5 Å². The van der Waals surface area contributed by atoms with Crippen LogP contribution < -0.4 is 4.74 Å². The highest BCUT2D eigenvalue weighted by atomic mass is 79.9. The number of hydrogen-bond donors (Lipinski definition) is 0. The van der Waals surface area contributed by atoms with Gasteiger partial charge in [0, 0.05) is 10.0 Å². The molecule has 2 aromatic rings. The number of benzene rings is 2. The lowest BCUT2D eigenvalue weighted by atomic mass is 10.2. The smallest absolute Gasteiger partial charge is 0.151 e. The molecule has 0 bridgehead atoms. The summed E-state index contributed by atoms with van der Waals surface area (Å²) in [6.45, 7) is 2.12. The van der Waals surface area contributed by atoms with Crippen LogP contribution in [0, 0.1) is 0 Å². The molecule has 0 fully saturated rings. The molecule has 0 aliphatic heterocycles. The SMILES string of the molecule is CCc1ccc(Oc2ccc(C=O)c(Br)c2)cc1. The lowest BCUT2D eigenvalue weighted by Crippen LogP contribution is -1.88.